The van der Waals surface area contributed by atoms with E-state index in [4.69, 9.17) is 5.53 Å². The van der Waals surface area contributed by atoms with E-state index in [-0.39, 0.29) is 11.5 Å². The SMILES string of the molecule is CNCCNc1c2cc(C(=O)N=N)sc2c(NCCNC)c2c(O)c3ccccc3c(O)c12. The van der Waals surface area contributed by atoms with Crippen LogP contribution in [0.4, 0.5) is 11.4 Å². The molecule has 0 atom stereocenters. The number of rotatable bonds is 9. The quantitative estimate of drug-likeness (QED) is 0.0648. The van der Waals surface area contributed by atoms with Crippen LogP contribution < -0.4 is 21.3 Å². The van der Waals surface area contributed by atoms with Crippen molar-refractivity contribution in [2.75, 3.05) is 50.9 Å². The number of fused-ring (bicyclic) bond motifs is 3. The van der Waals surface area contributed by atoms with Gasteiger partial charge in [0.25, 0.3) is 0 Å². The minimum atomic E-state index is -0.638. The van der Waals surface area contributed by atoms with Crippen LogP contribution in [0.2, 0.25) is 0 Å². The molecule has 0 aliphatic carbocycles. The number of benzene rings is 3. The molecule has 4 aromatic rings. The van der Waals surface area contributed by atoms with Gasteiger partial charge in [0, 0.05) is 42.3 Å². The molecular weight excluding hydrogens is 440 g/mol. The van der Waals surface area contributed by atoms with Gasteiger partial charge in [0.15, 0.2) is 0 Å². The number of thiophene rings is 1. The Labute approximate surface area is 194 Å². The van der Waals surface area contributed by atoms with Crippen molar-refractivity contribution in [3.63, 3.8) is 0 Å². The molecule has 0 saturated heterocycles. The standard InChI is InChI=1S/C23H26N6O3S/c1-25-7-9-27-18-14-11-15(23(32)29-24)33-22(14)19(28-10-8-26-2)17-16(18)20(30)12-5-3-4-6-13(12)21(17)31/h3-6,11,24-28,30-31H,7-10H2,1-2H3. The highest BCUT2D eigenvalue weighted by Gasteiger charge is 2.25. The number of phenolic OH excluding ortho intramolecular Hbond substituents is 2. The normalized spacial score (nSPS) is 11.3. The fraction of sp³-hybridized carbons (Fsp3) is 0.261. The Balaban J connectivity index is 2.16. The number of nitrogens with one attached hydrogen (secondary N) is 5. The number of amides is 1. The summed E-state index contributed by atoms with van der Waals surface area (Å²) in [5, 5.41) is 41.5. The third-order valence-electron chi connectivity index (χ3n) is 5.56. The van der Waals surface area contributed by atoms with Crippen molar-refractivity contribution in [1.29, 1.82) is 5.53 Å². The monoisotopic (exact) mass is 466 g/mol. The van der Waals surface area contributed by atoms with Crippen LogP contribution in [0, 0.1) is 5.53 Å². The van der Waals surface area contributed by atoms with Gasteiger partial charge in [-0.05, 0) is 20.2 Å². The maximum absolute atomic E-state index is 12.2. The molecule has 9 nitrogen and oxygen atoms in total. The summed E-state index contributed by atoms with van der Waals surface area (Å²) < 4.78 is 0.738. The maximum Gasteiger partial charge on any atom is 0.304 e. The van der Waals surface area contributed by atoms with Crippen molar-refractivity contribution in [1.82, 2.24) is 10.6 Å². The Hall–Kier alpha value is -3.47. The molecule has 1 heterocycles. The van der Waals surface area contributed by atoms with Crippen LogP contribution in [0.1, 0.15) is 9.67 Å². The van der Waals surface area contributed by atoms with Crippen LogP contribution in [-0.4, -0.2) is 56.4 Å². The predicted octanol–water partition coefficient (Wildman–Crippen LogP) is 4.05. The molecule has 0 saturated carbocycles. The minimum Gasteiger partial charge on any atom is -0.507 e. The predicted molar refractivity (Wildman–Crippen MR) is 134 cm³/mol. The van der Waals surface area contributed by atoms with Crippen molar-refractivity contribution in [3.05, 3.63) is 35.2 Å². The van der Waals surface area contributed by atoms with Gasteiger partial charge in [0.05, 0.1) is 31.7 Å². The zero-order chi connectivity index (χ0) is 23.5. The third-order valence-corrected chi connectivity index (χ3v) is 6.70. The number of carbonyl (C=O) groups is 1. The zero-order valence-corrected chi connectivity index (χ0v) is 19.2. The van der Waals surface area contributed by atoms with E-state index in [1.165, 1.54) is 11.3 Å². The first-order valence-corrected chi connectivity index (χ1v) is 11.4. The summed E-state index contributed by atoms with van der Waals surface area (Å²) in [5.41, 5.74) is 8.41. The van der Waals surface area contributed by atoms with Crippen LogP contribution >= 0.6 is 11.3 Å². The van der Waals surface area contributed by atoms with Crippen molar-refractivity contribution in [3.8, 4) is 11.5 Å². The van der Waals surface area contributed by atoms with E-state index in [1.807, 2.05) is 26.2 Å². The van der Waals surface area contributed by atoms with E-state index in [1.54, 1.807) is 18.2 Å². The first kappa shape index (κ1) is 22.7. The molecule has 0 aliphatic rings. The highest BCUT2D eigenvalue weighted by Crippen LogP contribution is 2.53. The zero-order valence-electron chi connectivity index (χ0n) is 18.4. The number of carbonyl (C=O) groups excluding carboxylic acids is 1. The van der Waals surface area contributed by atoms with Gasteiger partial charge in [-0.2, -0.15) is 0 Å². The van der Waals surface area contributed by atoms with Gasteiger partial charge >= 0.3 is 5.91 Å². The van der Waals surface area contributed by atoms with Crippen molar-refractivity contribution < 1.29 is 15.0 Å². The fourth-order valence-corrected chi connectivity index (χ4v) is 5.11. The largest absolute Gasteiger partial charge is 0.507 e. The second-order valence-electron chi connectivity index (χ2n) is 7.57. The Morgan fingerprint density at radius 2 is 1.45 bits per heavy atom. The molecule has 0 spiro atoms. The molecule has 0 fully saturated rings. The molecule has 0 radical (unpaired) electrons. The summed E-state index contributed by atoms with van der Waals surface area (Å²) in [7, 11) is 3.69. The van der Waals surface area contributed by atoms with Crippen LogP contribution in [0.5, 0.6) is 11.5 Å². The lowest BCUT2D eigenvalue weighted by molar-refractivity contribution is 0.0995. The second-order valence-corrected chi connectivity index (χ2v) is 8.63. The molecular formula is C23H26N6O3S. The van der Waals surface area contributed by atoms with Gasteiger partial charge in [-0.1, -0.05) is 24.3 Å². The summed E-state index contributed by atoms with van der Waals surface area (Å²) >= 11 is 1.21. The van der Waals surface area contributed by atoms with Crippen molar-refractivity contribution in [2.24, 2.45) is 5.11 Å². The first-order chi connectivity index (χ1) is 16.0. The Bertz CT molecular complexity index is 1280. The van der Waals surface area contributed by atoms with Crippen LogP contribution in [0.3, 0.4) is 0 Å². The minimum absolute atomic E-state index is 0.0492. The average Bonchev–Trinajstić information content (AvgIpc) is 3.28. The number of aromatic hydroxyl groups is 2. The highest BCUT2D eigenvalue weighted by atomic mass is 32.1. The molecule has 0 bridgehead atoms. The summed E-state index contributed by atoms with van der Waals surface area (Å²) in [6.45, 7) is 2.46. The average molecular weight is 467 g/mol. The Kier molecular flexibility index (Phi) is 6.59. The molecule has 0 aliphatic heterocycles. The van der Waals surface area contributed by atoms with Crippen molar-refractivity contribution in [2.45, 2.75) is 0 Å². The number of hydrogen-bond donors (Lipinski definition) is 7. The summed E-state index contributed by atoms with van der Waals surface area (Å²) in [6, 6.07) is 8.84. The van der Waals surface area contributed by atoms with E-state index >= 15 is 0 Å². The van der Waals surface area contributed by atoms with Crippen LogP contribution in [0.15, 0.2) is 35.4 Å². The number of hydrogen-bond acceptors (Lipinski definition) is 9. The Morgan fingerprint density at radius 1 is 0.909 bits per heavy atom. The van der Waals surface area contributed by atoms with Gasteiger partial charge < -0.3 is 31.5 Å². The molecule has 10 heteroatoms. The number of likely N-dealkylation sites (N-methyl/N-ethyl adjacent to an activating group) is 2. The lowest BCUT2D eigenvalue weighted by atomic mass is 9.96. The van der Waals surface area contributed by atoms with E-state index in [0.717, 1.165) is 4.70 Å². The third kappa shape index (κ3) is 3.92. The van der Waals surface area contributed by atoms with Crippen LogP contribution in [0.25, 0.3) is 31.6 Å². The topological polar surface area (TPSA) is 142 Å². The molecule has 1 aromatic heterocycles. The number of phenols is 2. The maximum atomic E-state index is 12.2. The summed E-state index contributed by atoms with van der Waals surface area (Å²) in [4.78, 5) is 12.6. The molecule has 4 rings (SSSR count). The molecule has 33 heavy (non-hydrogen) atoms. The molecule has 0 unspecified atom stereocenters. The van der Waals surface area contributed by atoms with Crippen molar-refractivity contribution >= 4 is 60.2 Å². The van der Waals surface area contributed by atoms with E-state index in [0.29, 0.717) is 69.4 Å². The molecule has 3 aromatic carbocycles. The van der Waals surface area contributed by atoms with Crippen LogP contribution in [-0.2, 0) is 0 Å². The summed E-state index contributed by atoms with van der Waals surface area (Å²) in [6.07, 6.45) is 0. The molecule has 1 amide bonds. The first-order valence-electron chi connectivity index (χ1n) is 10.6. The smallest absolute Gasteiger partial charge is 0.304 e. The van der Waals surface area contributed by atoms with Gasteiger partial charge in [0.1, 0.15) is 11.5 Å². The van der Waals surface area contributed by atoms with Gasteiger partial charge in [-0.3, -0.25) is 4.79 Å². The summed E-state index contributed by atoms with van der Waals surface area (Å²) in [5.74, 6) is -0.537. The number of nitrogens with zero attached hydrogens (tertiary/aromatic N) is 1. The fourth-order valence-electron chi connectivity index (χ4n) is 4.04. The molecule has 7 N–H and O–H groups in total. The van der Waals surface area contributed by atoms with Gasteiger partial charge in [0.2, 0.25) is 0 Å². The lowest BCUT2D eigenvalue weighted by Crippen LogP contribution is -2.19. The highest BCUT2D eigenvalue weighted by molar-refractivity contribution is 7.21. The van der Waals surface area contributed by atoms with Gasteiger partial charge in [-0.25, -0.2) is 5.53 Å². The molecule has 172 valence electrons. The van der Waals surface area contributed by atoms with Gasteiger partial charge in [-0.15, -0.1) is 16.5 Å². The van der Waals surface area contributed by atoms with E-state index in [2.05, 4.69) is 26.4 Å². The van der Waals surface area contributed by atoms with E-state index in [9.17, 15) is 15.0 Å². The second kappa shape index (κ2) is 9.57. The van der Waals surface area contributed by atoms with E-state index < -0.39 is 5.91 Å². The Morgan fingerprint density at radius 3 is 2.00 bits per heavy atom. The number of anilines is 2. The lowest BCUT2D eigenvalue weighted by Gasteiger charge is -2.20.